The number of nitrogens with one attached hydrogen (secondary N) is 1. The normalized spacial score (nSPS) is 23.2. The number of nitriles is 1. The van der Waals surface area contributed by atoms with E-state index in [4.69, 9.17) is 5.26 Å². The maximum absolute atomic E-state index is 11.8. The number of hydrogen-bond acceptors (Lipinski definition) is 3. The van der Waals surface area contributed by atoms with Crippen LogP contribution in [0.15, 0.2) is 0 Å². The van der Waals surface area contributed by atoms with Crippen molar-refractivity contribution < 1.29 is 4.79 Å². The fraction of sp³-hybridized carbons (Fsp3) is 0.818. The number of carbonyl (C=O) groups is 1. The van der Waals surface area contributed by atoms with Crippen molar-refractivity contribution in [2.24, 2.45) is 5.92 Å². The van der Waals surface area contributed by atoms with Gasteiger partial charge in [-0.1, -0.05) is 20.3 Å². The van der Waals surface area contributed by atoms with Crippen LogP contribution < -0.4 is 5.32 Å². The molecule has 0 spiro atoms. The molecule has 1 aliphatic heterocycles. The van der Waals surface area contributed by atoms with Gasteiger partial charge in [0.2, 0.25) is 5.91 Å². The van der Waals surface area contributed by atoms with E-state index in [1.807, 2.05) is 13.8 Å². The van der Waals surface area contributed by atoms with E-state index in [1.54, 1.807) is 11.8 Å². The van der Waals surface area contributed by atoms with Crippen LogP contribution in [0, 0.1) is 17.2 Å². The van der Waals surface area contributed by atoms with Crippen molar-refractivity contribution in [1.82, 2.24) is 5.32 Å². The van der Waals surface area contributed by atoms with Crippen LogP contribution in [0.2, 0.25) is 0 Å². The first-order chi connectivity index (χ1) is 7.15. The van der Waals surface area contributed by atoms with Gasteiger partial charge in [-0.15, -0.1) is 11.8 Å². The Labute approximate surface area is 95.6 Å². The smallest absolute Gasteiger partial charge is 0.234 e. The van der Waals surface area contributed by atoms with Crippen LogP contribution >= 0.6 is 11.8 Å². The predicted octanol–water partition coefficient (Wildman–Crippen LogP) is 1.94. The number of rotatable bonds is 3. The van der Waals surface area contributed by atoms with Gasteiger partial charge in [0.15, 0.2) is 0 Å². The monoisotopic (exact) mass is 226 g/mol. The van der Waals surface area contributed by atoms with Gasteiger partial charge in [0, 0.05) is 0 Å². The van der Waals surface area contributed by atoms with Crippen LogP contribution in [0.25, 0.3) is 0 Å². The molecule has 0 radical (unpaired) electrons. The molecule has 1 amide bonds. The van der Waals surface area contributed by atoms with Crippen molar-refractivity contribution in [3.8, 4) is 6.07 Å². The van der Waals surface area contributed by atoms with E-state index in [0.29, 0.717) is 0 Å². The molecular weight excluding hydrogens is 208 g/mol. The van der Waals surface area contributed by atoms with Crippen molar-refractivity contribution >= 4 is 17.7 Å². The average molecular weight is 226 g/mol. The highest BCUT2D eigenvalue weighted by Crippen LogP contribution is 2.25. The number of carbonyl (C=O) groups excluding carboxylic acids is 1. The highest BCUT2D eigenvalue weighted by Gasteiger charge is 2.24. The molecule has 4 heteroatoms. The van der Waals surface area contributed by atoms with E-state index in [2.05, 4.69) is 11.4 Å². The Morgan fingerprint density at radius 2 is 2.27 bits per heavy atom. The molecule has 0 saturated carbocycles. The average Bonchev–Trinajstić information content (AvgIpc) is 2.26. The highest BCUT2D eigenvalue weighted by molar-refractivity contribution is 8.00. The van der Waals surface area contributed by atoms with Crippen LogP contribution in [0.3, 0.4) is 0 Å². The predicted molar refractivity (Wildman–Crippen MR) is 62.5 cm³/mol. The third kappa shape index (κ3) is 3.75. The topological polar surface area (TPSA) is 52.9 Å². The molecule has 2 atom stereocenters. The van der Waals surface area contributed by atoms with E-state index in [-0.39, 0.29) is 23.1 Å². The van der Waals surface area contributed by atoms with Gasteiger partial charge < -0.3 is 5.32 Å². The summed E-state index contributed by atoms with van der Waals surface area (Å²) in [7, 11) is 0. The van der Waals surface area contributed by atoms with Gasteiger partial charge in [0.1, 0.15) is 6.04 Å². The van der Waals surface area contributed by atoms with Crippen LogP contribution in [0.1, 0.15) is 33.1 Å². The van der Waals surface area contributed by atoms with Gasteiger partial charge >= 0.3 is 0 Å². The van der Waals surface area contributed by atoms with Crippen molar-refractivity contribution in [3.63, 3.8) is 0 Å². The van der Waals surface area contributed by atoms with Crippen molar-refractivity contribution in [2.45, 2.75) is 44.4 Å². The maximum atomic E-state index is 11.8. The summed E-state index contributed by atoms with van der Waals surface area (Å²) in [6, 6.07) is 1.78. The summed E-state index contributed by atoms with van der Waals surface area (Å²) in [6.45, 7) is 3.89. The molecule has 3 nitrogen and oxygen atoms in total. The zero-order valence-electron chi connectivity index (χ0n) is 9.32. The molecule has 0 aromatic heterocycles. The summed E-state index contributed by atoms with van der Waals surface area (Å²) in [5.74, 6) is 1.28. The Balaban J connectivity index is 2.43. The second-order valence-electron chi connectivity index (χ2n) is 4.21. The number of thioether (sulfide) groups is 1. The minimum absolute atomic E-state index is 0.0416. The molecule has 1 N–H and O–H groups in total. The summed E-state index contributed by atoms with van der Waals surface area (Å²) < 4.78 is 0. The summed E-state index contributed by atoms with van der Waals surface area (Å²) in [4.78, 5) is 11.8. The summed E-state index contributed by atoms with van der Waals surface area (Å²) in [5.41, 5.74) is 0. The zero-order chi connectivity index (χ0) is 11.3. The van der Waals surface area contributed by atoms with Crippen molar-refractivity contribution in [1.29, 1.82) is 5.26 Å². The molecule has 1 saturated heterocycles. The van der Waals surface area contributed by atoms with Gasteiger partial charge in [-0.05, 0) is 24.5 Å². The first kappa shape index (κ1) is 12.4. The molecular formula is C11H18N2OS. The molecule has 1 aliphatic rings. The van der Waals surface area contributed by atoms with Crippen LogP contribution in [0.4, 0.5) is 0 Å². The fourth-order valence-corrected chi connectivity index (χ4v) is 2.75. The van der Waals surface area contributed by atoms with Gasteiger partial charge in [-0.3, -0.25) is 4.79 Å². The number of nitrogens with zero attached hydrogens (tertiary/aromatic N) is 1. The second kappa shape index (κ2) is 6.02. The third-order valence-corrected chi connectivity index (χ3v) is 3.95. The van der Waals surface area contributed by atoms with Gasteiger partial charge in [-0.25, -0.2) is 0 Å². The SMILES string of the molecule is CC(C)C(C#N)NC(=O)C1CCCCS1. The molecule has 2 unspecified atom stereocenters. The minimum Gasteiger partial charge on any atom is -0.339 e. The van der Waals surface area contributed by atoms with Gasteiger partial charge in [0.05, 0.1) is 11.3 Å². The Bertz CT molecular complexity index is 254. The first-order valence-electron chi connectivity index (χ1n) is 5.46. The van der Waals surface area contributed by atoms with E-state index in [9.17, 15) is 4.79 Å². The molecule has 1 rings (SSSR count). The maximum Gasteiger partial charge on any atom is 0.234 e. The lowest BCUT2D eigenvalue weighted by molar-refractivity contribution is -0.121. The van der Waals surface area contributed by atoms with Gasteiger partial charge in [0.25, 0.3) is 0 Å². The molecule has 0 aromatic rings. The Morgan fingerprint density at radius 3 is 2.73 bits per heavy atom. The second-order valence-corrected chi connectivity index (χ2v) is 5.53. The molecule has 1 heterocycles. The third-order valence-electron chi connectivity index (χ3n) is 2.58. The summed E-state index contributed by atoms with van der Waals surface area (Å²) in [6.07, 6.45) is 3.29. The lowest BCUT2D eigenvalue weighted by Gasteiger charge is -2.23. The number of hydrogen-bond donors (Lipinski definition) is 1. The number of amides is 1. The van der Waals surface area contributed by atoms with E-state index < -0.39 is 0 Å². The van der Waals surface area contributed by atoms with Crippen molar-refractivity contribution in [3.05, 3.63) is 0 Å². The lowest BCUT2D eigenvalue weighted by Crippen LogP contribution is -2.42. The lowest BCUT2D eigenvalue weighted by atomic mass is 10.1. The highest BCUT2D eigenvalue weighted by atomic mass is 32.2. The summed E-state index contributed by atoms with van der Waals surface area (Å²) in [5, 5.41) is 11.8. The quantitative estimate of drug-likeness (QED) is 0.800. The molecule has 0 aliphatic carbocycles. The van der Waals surface area contributed by atoms with E-state index in [0.717, 1.165) is 18.6 Å². The molecule has 84 valence electrons. The first-order valence-corrected chi connectivity index (χ1v) is 6.51. The zero-order valence-corrected chi connectivity index (χ0v) is 10.1. The largest absolute Gasteiger partial charge is 0.339 e. The van der Waals surface area contributed by atoms with Crippen LogP contribution in [0.5, 0.6) is 0 Å². The Kier molecular flexibility index (Phi) is 4.97. The van der Waals surface area contributed by atoms with Crippen molar-refractivity contribution in [2.75, 3.05) is 5.75 Å². The van der Waals surface area contributed by atoms with E-state index >= 15 is 0 Å². The molecule has 15 heavy (non-hydrogen) atoms. The minimum atomic E-state index is -0.347. The molecule has 0 aromatic carbocycles. The standard InChI is InChI=1S/C11H18N2OS/c1-8(2)9(7-12)13-11(14)10-5-3-4-6-15-10/h8-10H,3-6H2,1-2H3,(H,13,14). The van der Waals surface area contributed by atoms with E-state index in [1.165, 1.54) is 6.42 Å². The Hall–Kier alpha value is -0.690. The van der Waals surface area contributed by atoms with Crippen LogP contribution in [-0.4, -0.2) is 23.0 Å². The van der Waals surface area contributed by atoms with Crippen LogP contribution in [-0.2, 0) is 4.79 Å². The molecule has 1 fully saturated rings. The molecule has 0 bridgehead atoms. The summed E-state index contributed by atoms with van der Waals surface area (Å²) >= 11 is 1.71. The van der Waals surface area contributed by atoms with Gasteiger partial charge in [-0.2, -0.15) is 5.26 Å². The fourth-order valence-electron chi connectivity index (χ4n) is 1.54. The Morgan fingerprint density at radius 1 is 1.53 bits per heavy atom.